The van der Waals surface area contributed by atoms with E-state index in [1.807, 2.05) is 22.9 Å². The lowest BCUT2D eigenvalue weighted by Gasteiger charge is -2.10. The van der Waals surface area contributed by atoms with Gasteiger partial charge in [0.15, 0.2) is 0 Å². The molecule has 6 heteroatoms. The molecule has 0 saturated carbocycles. The molecule has 0 saturated heterocycles. The molecular formula is C13H19N5O. The summed E-state index contributed by atoms with van der Waals surface area (Å²) in [5.41, 5.74) is 13.7. The molecule has 0 spiro atoms. The third kappa shape index (κ3) is 4.18. The van der Waals surface area contributed by atoms with Gasteiger partial charge in [0.25, 0.3) is 0 Å². The molecule has 6 nitrogen and oxygen atoms in total. The molecule has 0 atom stereocenters. The predicted octanol–water partition coefficient (Wildman–Crippen LogP) is 1.18. The van der Waals surface area contributed by atoms with Gasteiger partial charge in [-0.15, -0.1) is 0 Å². The van der Waals surface area contributed by atoms with E-state index in [1.165, 1.54) is 0 Å². The van der Waals surface area contributed by atoms with Crippen molar-refractivity contribution in [3.63, 3.8) is 0 Å². The van der Waals surface area contributed by atoms with E-state index in [1.54, 1.807) is 18.6 Å². The van der Waals surface area contributed by atoms with Crippen LogP contribution in [-0.2, 0) is 11.3 Å². The molecule has 2 aromatic rings. The molecule has 0 radical (unpaired) electrons. The summed E-state index contributed by atoms with van der Waals surface area (Å²) in [6, 6.07) is 5.43. The molecule has 1 aromatic carbocycles. The number of nitrogens with one attached hydrogen (secondary N) is 1. The molecule has 0 bridgehead atoms. The number of benzene rings is 1. The van der Waals surface area contributed by atoms with E-state index in [4.69, 9.17) is 16.2 Å². The van der Waals surface area contributed by atoms with Crippen LogP contribution in [0, 0.1) is 0 Å². The van der Waals surface area contributed by atoms with E-state index in [2.05, 4.69) is 10.3 Å². The van der Waals surface area contributed by atoms with Crippen molar-refractivity contribution in [3.05, 3.63) is 36.9 Å². The fourth-order valence-electron chi connectivity index (χ4n) is 1.69. The fourth-order valence-corrected chi connectivity index (χ4v) is 1.69. The normalized spacial score (nSPS) is 10.5. The second-order valence-electron chi connectivity index (χ2n) is 4.19. The summed E-state index contributed by atoms with van der Waals surface area (Å²) in [6.45, 7) is 2.80. The van der Waals surface area contributed by atoms with Crippen molar-refractivity contribution in [2.24, 2.45) is 0 Å². The van der Waals surface area contributed by atoms with Crippen LogP contribution in [0.2, 0.25) is 0 Å². The highest BCUT2D eigenvalue weighted by Gasteiger charge is 1.98. The standard InChI is InChI=1S/C13H19N5O/c14-11-1-2-13(12(15)9-11)17-4-7-19-8-6-18-5-3-16-10-18/h1-3,5,9-10,17H,4,6-8,14-15H2. The largest absolute Gasteiger partial charge is 0.399 e. The number of imidazole rings is 1. The van der Waals surface area contributed by atoms with Gasteiger partial charge in [-0.25, -0.2) is 4.98 Å². The van der Waals surface area contributed by atoms with Gasteiger partial charge in [0, 0.05) is 31.2 Å². The van der Waals surface area contributed by atoms with E-state index in [0.29, 0.717) is 31.1 Å². The first-order chi connectivity index (χ1) is 9.25. The smallest absolute Gasteiger partial charge is 0.0946 e. The maximum absolute atomic E-state index is 5.83. The second-order valence-corrected chi connectivity index (χ2v) is 4.19. The van der Waals surface area contributed by atoms with Gasteiger partial charge in [-0.1, -0.05) is 0 Å². The minimum Gasteiger partial charge on any atom is -0.399 e. The molecule has 0 aliphatic heterocycles. The van der Waals surface area contributed by atoms with E-state index in [9.17, 15) is 0 Å². The van der Waals surface area contributed by atoms with Crippen molar-refractivity contribution in [2.75, 3.05) is 36.5 Å². The average molecular weight is 261 g/mol. The van der Waals surface area contributed by atoms with Crippen molar-refractivity contribution in [3.8, 4) is 0 Å². The minimum absolute atomic E-state index is 0.624. The third-order valence-electron chi connectivity index (χ3n) is 2.69. The van der Waals surface area contributed by atoms with Crippen LogP contribution in [0.4, 0.5) is 17.1 Å². The molecule has 0 amide bonds. The highest BCUT2D eigenvalue weighted by atomic mass is 16.5. The Labute approximate surface area is 112 Å². The molecule has 5 N–H and O–H groups in total. The summed E-state index contributed by atoms with van der Waals surface area (Å²) in [7, 11) is 0. The lowest BCUT2D eigenvalue weighted by molar-refractivity contribution is 0.135. The quantitative estimate of drug-likeness (QED) is 0.514. The van der Waals surface area contributed by atoms with Crippen LogP contribution in [0.25, 0.3) is 0 Å². The maximum Gasteiger partial charge on any atom is 0.0946 e. The number of aromatic nitrogens is 2. The Hall–Kier alpha value is -2.21. The SMILES string of the molecule is Nc1ccc(NCCOCCn2ccnc2)c(N)c1. The van der Waals surface area contributed by atoms with Gasteiger partial charge in [-0.3, -0.25) is 0 Å². The Balaban J connectivity index is 1.61. The van der Waals surface area contributed by atoms with Gasteiger partial charge in [-0.2, -0.15) is 0 Å². The lowest BCUT2D eigenvalue weighted by Crippen LogP contribution is -2.13. The first-order valence-electron chi connectivity index (χ1n) is 6.18. The van der Waals surface area contributed by atoms with E-state index in [-0.39, 0.29) is 0 Å². The molecule has 0 unspecified atom stereocenters. The molecule has 0 fully saturated rings. The summed E-state index contributed by atoms with van der Waals surface area (Å²) in [5.74, 6) is 0. The average Bonchev–Trinajstić information content (AvgIpc) is 2.89. The molecule has 102 valence electrons. The zero-order chi connectivity index (χ0) is 13.5. The Kier molecular flexibility index (Phi) is 4.63. The number of nitrogens with zero attached hydrogens (tertiary/aromatic N) is 2. The third-order valence-corrected chi connectivity index (χ3v) is 2.69. The van der Waals surface area contributed by atoms with Crippen LogP contribution in [0.5, 0.6) is 0 Å². The first-order valence-corrected chi connectivity index (χ1v) is 6.18. The van der Waals surface area contributed by atoms with Crippen LogP contribution in [0.3, 0.4) is 0 Å². The van der Waals surface area contributed by atoms with Crippen LogP contribution in [-0.4, -0.2) is 29.3 Å². The molecule has 19 heavy (non-hydrogen) atoms. The van der Waals surface area contributed by atoms with Gasteiger partial charge >= 0.3 is 0 Å². The molecule has 2 rings (SSSR count). The van der Waals surface area contributed by atoms with Gasteiger partial charge in [-0.05, 0) is 18.2 Å². The first kappa shape index (κ1) is 13.2. The Morgan fingerprint density at radius 2 is 2.16 bits per heavy atom. The number of hydrogen-bond donors (Lipinski definition) is 3. The van der Waals surface area contributed by atoms with Gasteiger partial charge in [0.05, 0.1) is 30.9 Å². The summed E-state index contributed by atoms with van der Waals surface area (Å²) in [4.78, 5) is 3.96. The van der Waals surface area contributed by atoms with Crippen molar-refractivity contribution in [2.45, 2.75) is 6.54 Å². The highest BCUT2D eigenvalue weighted by Crippen LogP contribution is 2.20. The Morgan fingerprint density at radius 1 is 1.26 bits per heavy atom. The second kappa shape index (κ2) is 6.65. The van der Waals surface area contributed by atoms with Crippen LogP contribution in [0.15, 0.2) is 36.9 Å². The van der Waals surface area contributed by atoms with E-state index >= 15 is 0 Å². The van der Waals surface area contributed by atoms with Gasteiger partial charge in [0.1, 0.15) is 0 Å². The molecule has 1 heterocycles. The van der Waals surface area contributed by atoms with E-state index < -0.39 is 0 Å². The highest BCUT2D eigenvalue weighted by molar-refractivity contribution is 5.70. The number of hydrogen-bond acceptors (Lipinski definition) is 5. The zero-order valence-corrected chi connectivity index (χ0v) is 10.7. The Morgan fingerprint density at radius 3 is 2.89 bits per heavy atom. The lowest BCUT2D eigenvalue weighted by atomic mass is 10.2. The Bertz CT molecular complexity index is 498. The fraction of sp³-hybridized carbons (Fsp3) is 0.308. The van der Waals surface area contributed by atoms with Crippen LogP contribution in [0.1, 0.15) is 0 Å². The molecule has 1 aromatic heterocycles. The maximum atomic E-state index is 5.83. The summed E-state index contributed by atoms with van der Waals surface area (Å²) < 4.78 is 7.49. The predicted molar refractivity (Wildman–Crippen MR) is 76.8 cm³/mol. The number of nitrogen functional groups attached to an aromatic ring is 2. The molecular weight excluding hydrogens is 242 g/mol. The number of anilines is 3. The van der Waals surface area contributed by atoms with Gasteiger partial charge < -0.3 is 26.1 Å². The number of rotatable bonds is 7. The van der Waals surface area contributed by atoms with Crippen molar-refractivity contribution < 1.29 is 4.74 Å². The topological polar surface area (TPSA) is 91.1 Å². The minimum atomic E-state index is 0.624. The summed E-state index contributed by atoms with van der Waals surface area (Å²) >= 11 is 0. The van der Waals surface area contributed by atoms with Crippen LogP contribution < -0.4 is 16.8 Å². The summed E-state index contributed by atoms with van der Waals surface area (Å²) in [5, 5.41) is 3.21. The van der Waals surface area contributed by atoms with Crippen molar-refractivity contribution in [1.82, 2.24) is 9.55 Å². The molecule has 0 aliphatic carbocycles. The van der Waals surface area contributed by atoms with Crippen molar-refractivity contribution >= 4 is 17.1 Å². The van der Waals surface area contributed by atoms with Gasteiger partial charge in [0.2, 0.25) is 0 Å². The molecule has 0 aliphatic rings. The zero-order valence-electron chi connectivity index (χ0n) is 10.7. The number of nitrogens with two attached hydrogens (primary N) is 2. The number of ether oxygens (including phenoxy) is 1. The monoisotopic (exact) mass is 261 g/mol. The van der Waals surface area contributed by atoms with E-state index in [0.717, 1.165) is 12.2 Å². The van der Waals surface area contributed by atoms with Crippen molar-refractivity contribution in [1.29, 1.82) is 0 Å². The summed E-state index contributed by atoms with van der Waals surface area (Å²) in [6.07, 6.45) is 5.44. The van der Waals surface area contributed by atoms with Crippen LogP contribution >= 0.6 is 0 Å².